The highest BCUT2D eigenvalue weighted by Crippen LogP contribution is 2.24. The lowest BCUT2D eigenvalue weighted by molar-refractivity contribution is -0.145. The van der Waals surface area contributed by atoms with Crippen LogP contribution in [0.1, 0.15) is 24.5 Å². The van der Waals surface area contributed by atoms with Gasteiger partial charge in [-0.3, -0.25) is 4.79 Å². The minimum absolute atomic E-state index is 0.126. The highest BCUT2D eigenvalue weighted by molar-refractivity contribution is 7.89. The molecule has 162 valence electrons. The van der Waals surface area contributed by atoms with E-state index in [4.69, 9.17) is 9.47 Å². The molecule has 0 aliphatic rings. The second-order valence-electron chi connectivity index (χ2n) is 7.23. The van der Waals surface area contributed by atoms with Crippen molar-refractivity contribution < 1.29 is 22.7 Å². The summed E-state index contributed by atoms with van der Waals surface area (Å²) in [7, 11) is -1.10. The van der Waals surface area contributed by atoms with Crippen LogP contribution >= 0.6 is 0 Å². The Labute approximate surface area is 179 Å². The molecule has 0 heterocycles. The van der Waals surface area contributed by atoms with Gasteiger partial charge in [0.05, 0.1) is 19.1 Å². The van der Waals surface area contributed by atoms with E-state index >= 15 is 0 Å². The molecule has 30 heavy (non-hydrogen) atoms. The van der Waals surface area contributed by atoms with Gasteiger partial charge in [0, 0.05) is 6.54 Å². The summed E-state index contributed by atoms with van der Waals surface area (Å²) in [6.45, 7) is 7.71. The zero-order valence-corrected chi connectivity index (χ0v) is 18.7. The van der Waals surface area contributed by atoms with Crippen molar-refractivity contribution in [1.29, 1.82) is 0 Å². The third-order valence-corrected chi connectivity index (χ3v) is 6.72. The lowest BCUT2D eigenvalue weighted by Gasteiger charge is -2.29. The monoisotopic (exact) mass is 431 g/mol. The summed E-state index contributed by atoms with van der Waals surface area (Å²) in [6, 6.07) is 12.7. The second kappa shape index (κ2) is 10.4. The SMILES string of the molecule is C=C(C)CCN([C@H](Cc1ccc(OC)cc1)C(=O)OC)S(=O)(=O)c1ccc(C)cc1. The highest BCUT2D eigenvalue weighted by Gasteiger charge is 2.36. The topological polar surface area (TPSA) is 72.9 Å². The molecule has 6 nitrogen and oxygen atoms in total. The Kier molecular flexibility index (Phi) is 8.20. The Morgan fingerprint density at radius 1 is 1.07 bits per heavy atom. The molecule has 2 aromatic rings. The number of ether oxygens (including phenoxy) is 2. The first-order valence-electron chi connectivity index (χ1n) is 9.62. The summed E-state index contributed by atoms with van der Waals surface area (Å²) in [6.07, 6.45) is 0.610. The van der Waals surface area contributed by atoms with Crippen LogP contribution in [0.25, 0.3) is 0 Å². The number of nitrogens with zero attached hydrogens (tertiary/aromatic N) is 1. The van der Waals surface area contributed by atoms with Crippen molar-refractivity contribution in [3.8, 4) is 5.75 Å². The van der Waals surface area contributed by atoms with Gasteiger partial charge < -0.3 is 9.47 Å². The van der Waals surface area contributed by atoms with E-state index in [1.807, 2.05) is 26.0 Å². The van der Waals surface area contributed by atoms with Crippen molar-refractivity contribution in [1.82, 2.24) is 4.31 Å². The fourth-order valence-electron chi connectivity index (χ4n) is 3.01. The van der Waals surface area contributed by atoms with Gasteiger partial charge in [0.15, 0.2) is 0 Å². The molecule has 0 aromatic heterocycles. The average Bonchev–Trinajstić information content (AvgIpc) is 2.73. The van der Waals surface area contributed by atoms with Crippen LogP contribution in [0.5, 0.6) is 5.75 Å². The van der Waals surface area contributed by atoms with Crippen LogP contribution in [0.4, 0.5) is 0 Å². The normalized spacial score (nSPS) is 12.4. The van der Waals surface area contributed by atoms with Gasteiger partial charge in [-0.1, -0.05) is 35.4 Å². The van der Waals surface area contributed by atoms with E-state index in [0.29, 0.717) is 12.2 Å². The Morgan fingerprint density at radius 2 is 1.67 bits per heavy atom. The van der Waals surface area contributed by atoms with Crippen LogP contribution in [0.2, 0.25) is 0 Å². The predicted molar refractivity (Wildman–Crippen MR) is 117 cm³/mol. The largest absolute Gasteiger partial charge is 0.497 e. The molecule has 0 N–H and O–H groups in total. The first-order chi connectivity index (χ1) is 14.2. The van der Waals surface area contributed by atoms with Crippen molar-refractivity contribution >= 4 is 16.0 Å². The number of methoxy groups -OCH3 is 2. The Balaban J connectivity index is 2.47. The van der Waals surface area contributed by atoms with Crippen LogP contribution in [0, 0.1) is 6.92 Å². The molecule has 0 unspecified atom stereocenters. The Morgan fingerprint density at radius 3 is 2.17 bits per heavy atom. The van der Waals surface area contributed by atoms with Gasteiger partial charge in [-0.2, -0.15) is 4.31 Å². The molecule has 0 aliphatic carbocycles. The molecule has 0 amide bonds. The number of benzene rings is 2. The maximum absolute atomic E-state index is 13.5. The molecule has 0 bridgehead atoms. The van der Waals surface area contributed by atoms with E-state index in [1.54, 1.807) is 43.5 Å². The third kappa shape index (κ3) is 5.93. The van der Waals surface area contributed by atoms with E-state index in [9.17, 15) is 13.2 Å². The minimum Gasteiger partial charge on any atom is -0.497 e. The van der Waals surface area contributed by atoms with Crippen LogP contribution in [-0.2, 0) is 26.0 Å². The predicted octanol–water partition coefficient (Wildman–Crippen LogP) is 3.74. The van der Waals surface area contributed by atoms with Crippen LogP contribution in [0.15, 0.2) is 65.6 Å². The van der Waals surface area contributed by atoms with E-state index < -0.39 is 22.0 Å². The lowest BCUT2D eigenvalue weighted by atomic mass is 10.1. The molecule has 0 spiro atoms. The van der Waals surface area contributed by atoms with Gasteiger partial charge in [-0.25, -0.2) is 8.42 Å². The summed E-state index contributed by atoms with van der Waals surface area (Å²) < 4.78 is 38.3. The zero-order chi connectivity index (χ0) is 22.3. The summed E-state index contributed by atoms with van der Waals surface area (Å²) in [5.41, 5.74) is 2.57. The van der Waals surface area contributed by atoms with Gasteiger partial charge >= 0.3 is 5.97 Å². The van der Waals surface area contributed by atoms with Gasteiger partial charge in [0.2, 0.25) is 10.0 Å². The summed E-state index contributed by atoms with van der Waals surface area (Å²) >= 11 is 0. The molecule has 0 fully saturated rings. The molecule has 1 atom stereocenters. The molecular formula is C23H29NO5S. The lowest BCUT2D eigenvalue weighted by Crippen LogP contribution is -2.47. The molecule has 0 radical (unpaired) electrons. The molecule has 0 aliphatic heterocycles. The molecule has 2 aromatic carbocycles. The van der Waals surface area contributed by atoms with E-state index in [0.717, 1.165) is 16.7 Å². The number of hydrogen-bond donors (Lipinski definition) is 0. The molecule has 0 saturated heterocycles. The summed E-state index contributed by atoms with van der Waals surface area (Å²) in [5, 5.41) is 0. The highest BCUT2D eigenvalue weighted by atomic mass is 32.2. The van der Waals surface area contributed by atoms with Crippen LogP contribution in [-0.4, -0.2) is 45.5 Å². The number of carbonyl (C=O) groups excluding carboxylic acids is 1. The Hall–Kier alpha value is -2.64. The van der Waals surface area contributed by atoms with Gasteiger partial charge in [-0.15, -0.1) is 6.58 Å². The molecule has 2 rings (SSSR count). The maximum atomic E-state index is 13.5. The fraction of sp³-hybridized carbons (Fsp3) is 0.348. The first-order valence-corrected chi connectivity index (χ1v) is 11.1. The first kappa shape index (κ1) is 23.6. The average molecular weight is 432 g/mol. The van der Waals surface area contributed by atoms with Crippen molar-refractivity contribution in [2.75, 3.05) is 20.8 Å². The maximum Gasteiger partial charge on any atom is 0.324 e. The number of hydrogen-bond acceptors (Lipinski definition) is 5. The van der Waals surface area contributed by atoms with Gasteiger partial charge in [0.1, 0.15) is 11.8 Å². The quantitative estimate of drug-likeness (QED) is 0.423. The summed E-state index contributed by atoms with van der Waals surface area (Å²) in [5.74, 6) is 0.0722. The van der Waals surface area contributed by atoms with Crippen molar-refractivity contribution in [3.05, 3.63) is 71.8 Å². The molecule has 7 heteroatoms. The number of rotatable bonds is 10. The fourth-order valence-corrected chi connectivity index (χ4v) is 4.59. The van der Waals surface area contributed by atoms with E-state index in [2.05, 4.69) is 6.58 Å². The van der Waals surface area contributed by atoms with Crippen molar-refractivity contribution in [2.24, 2.45) is 0 Å². The van der Waals surface area contributed by atoms with Crippen molar-refractivity contribution in [3.63, 3.8) is 0 Å². The van der Waals surface area contributed by atoms with Crippen molar-refractivity contribution in [2.45, 2.75) is 37.6 Å². The summed E-state index contributed by atoms with van der Waals surface area (Å²) in [4.78, 5) is 12.8. The van der Waals surface area contributed by atoms with Gasteiger partial charge in [-0.05, 0) is 56.5 Å². The Bertz CT molecular complexity index is 966. The number of sulfonamides is 1. The van der Waals surface area contributed by atoms with Crippen LogP contribution in [0.3, 0.4) is 0 Å². The van der Waals surface area contributed by atoms with E-state index in [1.165, 1.54) is 11.4 Å². The number of esters is 1. The minimum atomic E-state index is -3.93. The third-order valence-electron chi connectivity index (χ3n) is 4.80. The number of aryl methyl sites for hydroxylation is 1. The molecule has 0 saturated carbocycles. The molecular weight excluding hydrogens is 402 g/mol. The second-order valence-corrected chi connectivity index (χ2v) is 9.12. The smallest absolute Gasteiger partial charge is 0.324 e. The standard InChI is InChI=1S/C23H29NO5S/c1-17(2)14-15-24(30(26,27)21-12-6-18(3)7-13-21)22(23(25)29-5)16-19-8-10-20(28-4)11-9-19/h6-13,22H,1,14-16H2,2-5H3/t22-/m1/s1. The number of carbonyl (C=O) groups is 1. The zero-order valence-electron chi connectivity index (χ0n) is 17.9. The van der Waals surface area contributed by atoms with Crippen LogP contribution < -0.4 is 4.74 Å². The van der Waals surface area contributed by atoms with E-state index in [-0.39, 0.29) is 17.9 Å². The van der Waals surface area contributed by atoms with Gasteiger partial charge in [0.25, 0.3) is 0 Å².